The molecule has 0 aliphatic heterocycles. The molecular weight excluding hydrogens is 536 g/mol. The summed E-state index contributed by atoms with van der Waals surface area (Å²) in [5.41, 5.74) is 3.31. The van der Waals surface area contributed by atoms with Gasteiger partial charge in [-0.25, -0.2) is 0 Å². The Hall–Kier alpha value is -3.49. The Kier molecular flexibility index (Phi) is 7.67. The van der Waals surface area contributed by atoms with Crippen LogP contribution in [0.25, 0.3) is 11.0 Å². The van der Waals surface area contributed by atoms with Crippen LogP contribution in [0.15, 0.2) is 75.6 Å². The smallest absolute Gasteiger partial charge is 0.284 e. The lowest BCUT2D eigenvalue weighted by Crippen LogP contribution is -2.29. The van der Waals surface area contributed by atoms with Gasteiger partial charge >= 0.3 is 0 Å². The molecule has 1 atom stereocenters. The number of hydrogen-bond acceptors (Lipinski definition) is 6. The predicted octanol–water partition coefficient (Wildman–Crippen LogP) is 6.97. The molecule has 7 nitrogen and oxygen atoms in total. The van der Waals surface area contributed by atoms with Crippen molar-refractivity contribution in [1.29, 1.82) is 0 Å². The van der Waals surface area contributed by atoms with Crippen LogP contribution in [0, 0.1) is 10.1 Å². The number of para-hydroxylation sites is 1. The lowest BCUT2D eigenvalue weighted by atomic mass is 9.96. The molecular formula is C29H27BrN2O5. The molecule has 0 amide bonds. The standard InChI is InChI=1S/C29H27BrN2O5/c30-23-14-13-20(17-25(23)32(34)35)26(33)18-31-24(19-7-2-1-3-8-19)15-16-36-28-12-6-10-22-21-9-4-5-11-27(21)37-29(22)28/h1-3,6-8,10,12-14,17,24,31H,4-5,9,11,15-16,18H2. The Morgan fingerprint density at radius 3 is 2.70 bits per heavy atom. The molecule has 5 rings (SSSR count). The number of hydrogen-bond donors (Lipinski definition) is 1. The summed E-state index contributed by atoms with van der Waals surface area (Å²) in [6.07, 6.45) is 4.97. The number of rotatable bonds is 10. The van der Waals surface area contributed by atoms with Crippen molar-refractivity contribution < 1.29 is 18.9 Å². The van der Waals surface area contributed by atoms with Crippen molar-refractivity contribution in [2.75, 3.05) is 13.2 Å². The first-order valence-corrected chi connectivity index (χ1v) is 13.2. The average molecular weight is 563 g/mol. The molecule has 4 aromatic rings. The number of aryl methyl sites for hydroxylation is 2. The topological polar surface area (TPSA) is 94.6 Å². The summed E-state index contributed by atoms with van der Waals surface area (Å²) in [7, 11) is 0. The van der Waals surface area contributed by atoms with E-state index in [1.807, 2.05) is 42.5 Å². The van der Waals surface area contributed by atoms with E-state index in [0.717, 1.165) is 47.3 Å². The molecule has 37 heavy (non-hydrogen) atoms. The van der Waals surface area contributed by atoms with Gasteiger partial charge in [-0.1, -0.05) is 42.5 Å². The first-order chi connectivity index (χ1) is 18.0. The molecule has 1 unspecified atom stereocenters. The Bertz CT molecular complexity index is 1430. The number of Topliss-reactive ketones (excluding diaryl/α,β-unsaturated/α-hetero) is 1. The minimum atomic E-state index is -0.506. The van der Waals surface area contributed by atoms with E-state index < -0.39 is 4.92 Å². The van der Waals surface area contributed by atoms with E-state index >= 15 is 0 Å². The van der Waals surface area contributed by atoms with Gasteiger partial charge in [-0.2, -0.15) is 0 Å². The van der Waals surface area contributed by atoms with Gasteiger partial charge in [0.05, 0.1) is 22.5 Å². The van der Waals surface area contributed by atoms with E-state index in [1.54, 1.807) is 6.07 Å². The molecule has 3 aromatic carbocycles. The van der Waals surface area contributed by atoms with Crippen molar-refractivity contribution in [3.05, 3.63) is 104 Å². The number of furan rings is 1. The van der Waals surface area contributed by atoms with E-state index in [-0.39, 0.29) is 24.1 Å². The first-order valence-electron chi connectivity index (χ1n) is 12.4. The largest absolute Gasteiger partial charge is 0.490 e. The second kappa shape index (κ2) is 11.3. The number of fused-ring (bicyclic) bond motifs is 3. The van der Waals surface area contributed by atoms with Gasteiger partial charge in [0.15, 0.2) is 17.1 Å². The lowest BCUT2D eigenvalue weighted by Gasteiger charge is -2.19. The number of nitrogens with one attached hydrogen (secondary N) is 1. The van der Waals surface area contributed by atoms with E-state index in [1.165, 1.54) is 24.1 Å². The van der Waals surface area contributed by atoms with Gasteiger partial charge in [-0.15, -0.1) is 0 Å². The third-order valence-corrected chi connectivity index (χ3v) is 7.46. The number of ketones is 1. The summed E-state index contributed by atoms with van der Waals surface area (Å²) >= 11 is 3.16. The highest BCUT2D eigenvalue weighted by Gasteiger charge is 2.21. The Labute approximate surface area is 223 Å². The minimum Gasteiger partial charge on any atom is -0.490 e. The number of nitro groups is 1. The van der Waals surface area contributed by atoms with Gasteiger partial charge in [0.1, 0.15) is 5.76 Å². The third kappa shape index (κ3) is 5.60. The van der Waals surface area contributed by atoms with Gasteiger partial charge in [-0.05, 0) is 59.0 Å². The highest BCUT2D eigenvalue weighted by Crippen LogP contribution is 2.36. The number of halogens is 1. The summed E-state index contributed by atoms with van der Waals surface area (Å²) in [5.74, 6) is 1.59. The number of benzene rings is 3. The first kappa shape index (κ1) is 25.2. The molecule has 1 aromatic heterocycles. The molecule has 0 saturated carbocycles. The average Bonchev–Trinajstić information content (AvgIpc) is 3.30. The maximum atomic E-state index is 12.9. The maximum absolute atomic E-state index is 12.9. The van der Waals surface area contributed by atoms with Crippen LogP contribution in [-0.4, -0.2) is 23.9 Å². The second-order valence-corrected chi connectivity index (χ2v) is 10.0. The van der Waals surface area contributed by atoms with Crippen molar-refractivity contribution in [3.63, 3.8) is 0 Å². The van der Waals surface area contributed by atoms with Crippen LogP contribution in [0.1, 0.15) is 52.5 Å². The van der Waals surface area contributed by atoms with Crippen molar-refractivity contribution in [2.24, 2.45) is 0 Å². The normalized spacial score (nSPS) is 13.8. The molecule has 0 bridgehead atoms. The Balaban J connectivity index is 1.27. The number of carbonyl (C=O) groups excluding carboxylic acids is 1. The summed E-state index contributed by atoms with van der Waals surface area (Å²) in [6.45, 7) is 0.466. The summed E-state index contributed by atoms with van der Waals surface area (Å²) in [6, 6.07) is 20.2. The SMILES string of the molecule is O=C(CNC(CCOc1cccc2c3c(oc12)CCCC3)c1ccccc1)c1ccc(Br)c([N+](=O)[O-])c1. The van der Waals surface area contributed by atoms with Gasteiger partial charge in [0.2, 0.25) is 0 Å². The number of carbonyl (C=O) groups is 1. The van der Waals surface area contributed by atoms with E-state index in [4.69, 9.17) is 9.15 Å². The Morgan fingerprint density at radius 1 is 1.08 bits per heavy atom. The summed E-state index contributed by atoms with van der Waals surface area (Å²) in [5, 5.41) is 15.7. The number of nitro benzene ring substituents is 1. The van der Waals surface area contributed by atoms with Crippen molar-refractivity contribution >= 4 is 38.4 Å². The molecule has 0 saturated heterocycles. The molecule has 0 radical (unpaired) electrons. The van der Waals surface area contributed by atoms with E-state index in [9.17, 15) is 14.9 Å². The van der Waals surface area contributed by atoms with Gasteiger partial charge < -0.3 is 14.5 Å². The zero-order valence-corrected chi connectivity index (χ0v) is 21.8. The Morgan fingerprint density at radius 2 is 1.89 bits per heavy atom. The molecule has 1 aliphatic carbocycles. The monoisotopic (exact) mass is 562 g/mol. The summed E-state index contributed by atoms with van der Waals surface area (Å²) < 4.78 is 12.7. The van der Waals surface area contributed by atoms with Gasteiger partial charge in [0.25, 0.3) is 5.69 Å². The zero-order chi connectivity index (χ0) is 25.8. The molecule has 0 spiro atoms. The van der Waals surface area contributed by atoms with Gasteiger partial charge in [0, 0.05) is 41.5 Å². The van der Waals surface area contributed by atoms with Crippen LogP contribution in [0.4, 0.5) is 5.69 Å². The molecule has 1 N–H and O–H groups in total. The van der Waals surface area contributed by atoms with Gasteiger partial charge in [-0.3, -0.25) is 14.9 Å². The van der Waals surface area contributed by atoms with Crippen LogP contribution in [0.2, 0.25) is 0 Å². The summed E-state index contributed by atoms with van der Waals surface area (Å²) in [4.78, 5) is 23.6. The minimum absolute atomic E-state index is 0.0405. The molecule has 1 heterocycles. The quantitative estimate of drug-likeness (QED) is 0.127. The molecule has 0 fully saturated rings. The highest BCUT2D eigenvalue weighted by atomic mass is 79.9. The maximum Gasteiger partial charge on any atom is 0.284 e. The second-order valence-electron chi connectivity index (χ2n) is 9.17. The number of nitrogens with zero attached hydrogens (tertiary/aromatic N) is 1. The van der Waals surface area contributed by atoms with E-state index in [2.05, 4.69) is 27.3 Å². The zero-order valence-electron chi connectivity index (χ0n) is 20.2. The van der Waals surface area contributed by atoms with Crippen LogP contribution in [-0.2, 0) is 12.8 Å². The van der Waals surface area contributed by atoms with E-state index in [0.29, 0.717) is 23.1 Å². The fraction of sp³-hybridized carbons (Fsp3) is 0.276. The van der Waals surface area contributed by atoms with Crippen molar-refractivity contribution in [2.45, 2.75) is 38.1 Å². The van der Waals surface area contributed by atoms with Crippen molar-refractivity contribution in [1.82, 2.24) is 5.32 Å². The third-order valence-electron chi connectivity index (χ3n) is 6.79. The van der Waals surface area contributed by atoms with Crippen LogP contribution < -0.4 is 10.1 Å². The van der Waals surface area contributed by atoms with Crippen LogP contribution >= 0.6 is 15.9 Å². The fourth-order valence-electron chi connectivity index (χ4n) is 4.87. The van der Waals surface area contributed by atoms with Crippen LogP contribution in [0.5, 0.6) is 5.75 Å². The fourth-order valence-corrected chi connectivity index (χ4v) is 5.26. The predicted molar refractivity (Wildman–Crippen MR) is 145 cm³/mol. The molecule has 8 heteroatoms. The lowest BCUT2D eigenvalue weighted by molar-refractivity contribution is -0.385. The van der Waals surface area contributed by atoms with Crippen LogP contribution in [0.3, 0.4) is 0 Å². The number of ether oxygens (including phenoxy) is 1. The highest BCUT2D eigenvalue weighted by molar-refractivity contribution is 9.10. The van der Waals surface area contributed by atoms with Crippen molar-refractivity contribution in [3.8, 4) is 5.75 Å². The molecule has 1 aliphatic rings. The molecule has 190 valence electrons.